The maximum atomic E-state index is 12.3. The van der Waals surface area contributed by atoms with Crippen LogP contribution < -0.4 is 0 Å². The van der Waals surface area contributed by atoms with E-state index >= 15 is 0 Å². The van der Waals surface area contributed by atoms with E-state index in [4.69, 9.17) is 0 Å². The summed E-state index contributed by atoms with van der Waals surface area (Å²) in [5.74, 6) is 1.23. The Bertz CT molecular complexity index is 920. The smallest absolute Gasteiger partial charge is 0.254 e. The number of likely N-dealkylation sites (tertiary alicyclic amines) is 1. The van der Waals surface area contributed by atoms with E-state index < -0.39 is 0 Å². The van der Waals surface area contributed by atoms with Gasteiger partial charge in [0.2, 0.25) is 0 Å². The molecule has 0 N–H and O–H groups in total. The number of hydrogen-bond donors (Lipinski definition) is 0. The van der Waals surface area contributed by atoms with Crippen LogP contribution in [0.3, 0.4) is 0 Å². The minimum Gasteiger partial charge on any atom is -0.345 e. The van der Waals surface area contributed by atoms with Gasteiger partial charge >= 0.3 is 0 Å². The van der Waals surface area contributed by atoms with Gasteiger partial charge in [-0.15, -0.1) is 10.2 Å². The second kappa shape index (κ2) is 6.84. The fraction of sp³-hybridized carbons (Fsp3) is 0.368. The zero-order valence-electron chi connectivity index (χ0n) is 15.0. The van der Waals surface area contributed by atoms with E-state index in [0.717, 1.165) is 37.5 Å². The van der Waals surface area contributed by atoms with Crippen molar-refractivity contribution in [2.24, 2.45) is 0 Å². The van der Waals surface area contributed by atoms with Crippen LogP contribution in [0.4, 0.5) is 0 Å². The van der Waals surface area contributed by atoms with Crippen molar-refractivity contribution in [3.8, 4) is 0 Å². The molecular formula is C19H22N6O. The molecule has 3 aromatic heterocycles. The predicted octanol–water partition coefficient (Wildman–Crippen LogP) is 1.82. The van der Waals surface area contributed by atoms with Crippen molar-refractivity contribution in [1.82, 2.24) is 29.4 Å². The van der Waals surface area contributed by atoms with Crippen LogP contribution >= 0.6 is 0 Å². The number of nitrogens with zero attached hydrogens (tertiary/aromatic N) is 6. The summed E-state index contributed by atoms with van der Waals surface area (Å²) < 4.78 is 1.97. The zero-order valence-corrected chi connectivity index (χ0v) is 15.0. The van der Waals surface area contributed by atoms with Crippen molar-refractivity contribution in [1.29, 1.82) is 0 Å². The van der Waals surface area contributed by atoms with Gasteiger partial charge in [0.1, 0.15) is 5.82 Å². The average Bonchev–Trinajstić information content (AvgIpc) is 3.27. The predicted molar refractivity (Wildman–Crippen MR) is 97.9 cm³/mol. The highest BCUT2D eigenvalue weighted by Crippen LogP contribution is 2.27. The highest BCUT2D eigenvalue weighted by Gasteiger charge is 2.28. The van der Waals surface area contributed by atoms with Crippen LogP contribution in [-0.4, -0.2) is 62.5 Å². The molecule has 0 radical (unpaired) electrons. The second-order valence-corrected chi connectivity index (χ2v) is 6.99. The molecule has 7 heteroatoms. The summed E-state index contributed by atoms with van der Waals surface area (Å²) in [6.07, 6.45) is 6.61. The lowest BCUT2D eigenvalue weighted by molar-refractivity contribution is 0.0827. The van der Waals surface area contributed by atoms with E-state index in [1.54, 1.807) is 31.3 Å². The van der Waals surface area contributed by atoms with Crippen molar-refractivity contribution in [3.63, 3.8) is 0 Å². The molecule has 1 atom stereocenters. The van der Waals surface area contributed by atoms with Gasteiger partial charge in [0.15, 0.2) is 5.65 Å². The zero-order chi connectivity index (χ0) is 18.1. The van der Waals surface area contributed by atoms with Gasteiger partial charge in [0.05, 0.1) is 5.56 Å². The van der Waals surface area contributed by atoms with Gasteiger partial charge in [-0.05, 0) is 36.7 Å². The number of rotatable bonds is 4. The molecule has 1 fully saturated rings. The van der Waals surface area contributed by atoms with Gasteiger partial charge in [0.25, 0.3) is 5.91 Å². The first-order chi connectivity index (χ1) is 12.6. The van der Waals surface area contributed by atoms with E-state index in [0.29, 0.717) is 11.5 Å². The highest BCUT2D eigenvalue weighted by molar-refractivity contribution is 5.93. The van der Waals surface area contributed by atoms with Crippen molar-refractivity contribution < 1.29 is 4.79 Å². The molecule has 1 unspecified atom stereocenters. The Morgan fingerprint density at radius 3 is 2.92 bits per heavy atom. The lowest BCUT2D eigenvalue weighted by Gasteiger charge is -2.15. The molecular weight excluding hydrogens is 328 g/mol. The molecule has 0 saturated carbocycles. The van der Waals surface area contributed by atoms with Crippen molar-refractivity contribution >= 4 is 11.6 Å². The van der Waals surface area contributed by atoms with Gasteiger partial charge in [-0.2, -0.15) is 0 Å². The Kier molecular flexibility index (Phi) is 4.38. The van der Waals surface area contributed by atoms with Crippen LogP contribution in [0.15, 0.2) is 42.9 Å². The molecule has 4 rings (SSSR count). The fourth-order valence-corrected chi connectivity index (χ4v) is 3.51. The molecule has 0 aliphatic carbocycles. The number of fused-ring (bicyclic) bond motifs is 1. The van der Waals surface area contributed by atoms with Crippen molar-refractivity contribution in [2.45, 2.75) is 18.9 Å². The van der Waals surface area contributed by atoms with Crippen LogP contribution in [-0.2, 0) is 6.54 Å². The van der Waals surface area contributed by atoms with Crippen LogP contribution in [0, 0.1) is 0 Å². The summed E-state index contributed by atoms with van der Waals surface area (Å²) in [7, 11) is 3.51. The summed E-state index contributed by atoms with van der Waals surface area (Å²) >= 11 is 0. The van der Waals surface area contributed by atoms with Crippen LogP contribution in [0.5, 0.6) is 0 Å². The molecule has 0 spiro atoms. The summed E-state index contributed by atoms with van der Waals surface area (Å²) in [6.45, 7) is 2.85. The molecule has 7 nitrogen and oxygen atoms in total. The lowest BCUT2D eigenvalue weighted by atomic mass is 10.1. The number of aromatic nitrogens is 4. The molecule has 1 saturated heterocycles. The number of carbonyl (C=O) groups is 1. The van der Waals surface area contributed by atoms with Crippen LogP contribution in [0.1, 0.15) is 34.1 Å². The Morgan fingerprint density at radius 2 is 2.15 bits per heavy atom. The molecule has 4 heterocycles. The maximum absolute atomic E-state index is 12.3. The van der Waals surface area contributed by atoms with E-state index in [2.05, 4.69) is 26.1 Å². The quantitative estimate of drug-likeness (QED) is 0.718. The van der Waals surface area contributed by atoms with Gasteiger partial charge in [0, 0.05) is 51.7 Å². The minimum absolute atomic E-state index is 0.0174. The number of carbonyl (C=O) groups excluding carboxylic acids is 1. The van der Waals surface area contributed by atoms with Crippen molar-refractivity contribution in [2.75, 3.05) is 27.2 Å². The van der Waals surface area contributed by atoms with Crippen molar-refractivity contribution in [3.05, 3.63) is 59.8 Å². The largest absolute Gasteiger partial charge is 0.345 e. The number of hydrogen-bond acceptors (Lipinski definition) is 5. The highest BCUT2D eigenvalue weighted by atomic mass is 16.2. The maximum Gasteiger partial charge on any atom is 0.254 e. The first-order valence-electron chi connectivity index (χ1n) is 8.79. The number of amides is 1. The molecule has 0 aromatic carbocycles. The monoisotopic (exact) mass is 350 g/mol. The third-order valence-electron chi connectivity index (χ3n) is 4.85. The van der Waals surface area contributed by atoms with Gasteiger partial charge < -0.3 is 4.90 Å². The Balaban J connectivity index is 1.55. The summed E-state index contributed by atoms with van der Waals surface area (Å²) in [5, 5.41) is 8.69. The van der Waals surface area contributed by atoms with Crippen LogP contribution in [0.25, 0.3) is 5.65 Å². The topological polar surface area (TPSA) is 66.6 Å². The Morgan fingerprint density at radius 1 is 1.27 bits per heavy atom. The summed E-state index contributed by atoms with van der Waals surface area (Å²) in [6, 6.07) is 7.74. The molecule has 1 aliphatic heterocycles. The Hall–Kier alpha value is -2.80. The molecule has 0 bridgehead atoms. The molecule has 1 aliphatic rings. The van der Waals surface area contributed by atoms with E-state index in [1.165, 1.54) is 5.56 Å². The third kappa shape index (κ3) is 3.17. The van der Waals surface area contributed by atoms with E-state index in [-0.39, 0.29) is 5.91 Å². The molecule has 26 heavy (non-hydrogen) atoms. The molecule has 3 aromatic rings. The first kappa shape index (κ1) is 16.7. The lowest BCUT2D eigenvalue weighted by Crippen LogP contribution is -2.22. The normalized spacial score (nSPS) is 17.7. The SMILES string of the molecule is CN(C)C(=O)c1ccc2nnc(C3CCN(Cc4cccnc4)C3)n2c1. The van der Waals surface area contributed by atoms with Crippen LogP contribution in [0.2, 0.25) is 0 Å². The van der Waals surface area contributed by atoms with Gasteiger partial charge in [-0.25, -0.2) is 0 Å². The minimum atomic E-state index is -0.0174. The fourth-order valence-electron chi connectivity index (χ4n) is 3.51. The summed E-state index contributed by atoms with van der Waals surface area (Å²) in [4.78, 5) is 20.4. The molecule has 1 amide bonds. The first-order valence-corrected chi connectivity index (χ1v) is 8.79. The standard InChI is InChI=1S/C19H22N6O/c1-23(2)19(26)16-5-6-17-21-22-18(25(17)13-16)15-7-9-24(12-15)11-14-4-3-8-20-10-14/h3-6,8,10,13,15H,7,9,11-12H2,1-2H3. The van der Waals surface area contributed by atoms with E-state index in [1.807, 2.05) is 28.9 Å². The van der Waals surface area contributed by atoms with Gasteiger partial charge in [-0.3, -0.25) is 19.1 Å². The number of pyridine rings is 2. The van der Waals surface area contributed by atoms with E-state index in [9.17, 15) is 4.79 Å². The summed E-state index contributed by atoms with van der Waals surface area (Å²) in [5.41, 5.74) is 2.65. The molecule has 134 valence electrons. The second-order valence-electron chi connectivity index (χ2n) is 6.99. The third-order valence-corrected chi connectivity index (χ3v) is 4.85. The van der Waals surface area contributed by atoms with Gasteiger partial charge in [-0.1, -0.05) is 6.07 Å². The average molecular weight is 350 g/mol. The Labute approximate surface area is 152 Å².